The number of aromatic nitrogens is 1. The highest BCUT2D eigenvalue weighted by atomic mass is 32.2. The number of para-hydroxylation sites is 1. The van der Waals surface area contributed by atoms with Gasteiger partial charge in [0.05, 0.1) is 17.3 Å². The van der Waals surface area contributed by atoms with Crippen molar-refractivity contribution >= 4 is 64.1 Å². The number of carbonyl (C=O) groups excluding carboxylic acids is 6. The number of nitrogens with one attached hydrogen (secondary N) is 4. The predicted molar refractivity (Wildman–Crippen MR) is 252 cm³/mol. The number of hydrogen-bond acceptors (Lipinski definition) is 10. The molecule has 1 saturated heterocycles. The van der Waals surface area contributed by atoms with Gasteiger partial charge in [0.1, 0.15) is 12.1 Å². The van der Waals surface area contributed by atoms with Crippen LogP contribution in [-0.4, -0.2) is 130 Å². The van der Waals surface area contributed by atoms with Crippen molar-refractivity contribution in [2.75, 3.05) is 39.5 Å². The minimum absolute atomic E-state index is 0.0319. The fraction of sp³-hybridized carbons (Fsp3) is 0.638. The van der Waals surface area contributed by atoms with Gasteiger partial charge >= 0.3 is 5.97 Å². The Morgan fingerprint density at radius 1 is 0.969 bits per heavy atom. The van der Waals surface area contributed by atoms with Gasteiger partial charge in [-0.05, 0) is 62.6 Å². The van der Waals surface area contributed by atoms with Gasteiger partial charge in [0.2, 0.25) is 35.4 Å². The minimum atomic E-state index is -1.15. The summed E-state index contributed by atoms with van der Waals surface area (Å²) in [5.74, 6) is -2.65. The summed E-state index contributed by atoms with van der Waals surface area (Å²) in [5, 5.41) is 21.6. The maximum absolute atomic E-state index is 14.4. The number of benzene rings is 1. The normalized spacial score (nSPS) is 16.7. The molecule has 0 saturated carbocycles. The van der Waals surface area contributed by atoms with E-state index in [9.17, 15) is 33.6 Å². The van der Waals surface area contributed by atoms with Gasteiger partial charge in [0.25, 0.3) is 0 Å². The number of amides is 6. The first-order valence-electron chi connectivity index (χ1n) is 22.4. The zero-order chi connectivity index (χ0) is 48.1. The number of carboxylic acids is 1. The summed E-state index contributed by atoms with van der Waals surface area (Å²) >= 11 is 1.09. The molecule has 1 aliphatic rings. The Morgan fingerprint density at radius 3 is 2.22 bits per heavy atom. The molecular formula is C47H74N8O8S. The fourth-order valence-corrected chi connectivity index (χ4v) is 9.20. The maximum atomic E-state index is 14.4. The van der Waals surface area contributed by atoms with Crippen molar-refractivity contribution in [3.63, 3.8) is 0 Å². The number of hydrogen-bond donors (Lipinski definition) is 6. The van der Waals surface area contributed by atoms with E-state index in [0.717, 1.165) is 28.2 Å². The second-order valence-corrected chi connectivity index (χ2v) is 20.2. The number of nitrogens with two attached hydrogens (primary N) is 1. The van der Waals surface area contributed by atoms with Crippen molar-refractivity contribution in [1.29, 1.82) is 0 Å². The molecule has 6 amide bonds. The third kappa shape index (κ3) is 14.4. The van der Waals surface area contributed by atoms with Crippen molar-refractivity contribution in [2.45, 2.75) is 135 Å². The summed E-state index contributed by atoms with van der Waals surface area (Å²) in [5.41, 5.74) is 6.79. The molecule has 2 unspecified atom stereocenters. The highest BCUT2D eigenvalue weighted by Gasteiger charge is 2.43. The van der Waals surface area contributed by atoms with Gasteiger partial charge in [0.15, 0.2) is 0 Å². The molecule has 17 heteroatoms. The van der Waals surface area contributed by atoms with E-state index in [-0.39, 0.29) is 60.1 Å². The number of likely N-dealkylation sites (tertiary alicyclic amines) is 1. The number of thioether (sulfide) groups is 1. The van der Waals surface area contributed by atoms with Crippen molar-refractivity contribution in [1.82, 2.24) is 35.6 Å². The standard InChI is InChI=1S/C47H74N8O8S/c1-29(2)35(54(11)44(61)40(46(4,5)6)52-42(59)39(49-9)47(7,8)32-27-53(10)34-20-15-14-19-31(32)34)25-30(3)41(58)51-23-17-16-22-50-37(56)21-13-12-18-24-55-38(57)26-36(43(55)60)64-28-33(48)45(62)63/h14-15,19-20,25,27,29,33,35-36,39-40,49H,12-13,16-18,21-24,26,28,48H2,1-11H3,(H,50,56)(H,51,58)(H,52,59)(H,62,63)/b30-25+/t33-,35+,36?,39+,40?/m0/s1. The van der Waals surface area contributed by atoms with Gasteiger partial charge in [0, 0.05) is 80.4 Å². The van der Waals surface area contributed by atoms with Crippen LogP contribution in [0.1, 0.15) is 106 Å². The van der Waals surface area contributed by atoms with Gasteiger partial charge in [-0.15, -0.1) is 11.8 Å². The molecule has 356 valence electrons. The van der Waals surface area contributed by atoms with Crippen LogP contribution in [0.3, 0.4) is 0 Å². The topological polar surface area (TPSA) is 225 Å². The third-order valence-electron chi connectivity index (χ3n) is 12.0. The first-order chi connectivity index (χ1) is 29.9. The quantitative estimate of drug-likeness (QED) is 0.0477. The van der Waals surface area contributed by atoms with E-state index in [1.165, 1.54) is 4.90 Å². The third-order valence-corrected chi connectivity index (χ3v) is 13.3. The number of rotatable bonds is 25. The predicted octanol–water partition coefficient (Wildman–Crippen LogP) is 3.85. The number of carbonyl (C=O) groups is 7. The molecule has 3 rings (SSSR count). The van der Waals surface area contributed by atoms with Gasteiger partial charge in [-0.1, -0.05) is 79.2 Å². The molecule has 1 aromatic heterocycles. The number of aryl methyl sites for hydroxylation is 1. The van der Waals surface area contributed by atoms with E-state index in [2.05, 4.69) is 44.2 Å². The fourth-order valence-electron chi connectivity index (χ4n) is 8.09. The largest absolute Gasteiger partial charge is 0.480 e. The zero-order valence-corrected chi connectivity index (χ0v) is 40.7. The summed E-state index contributed by atoms with van der Waals surface area (Å²) < 4.78 is 2.06. The van der Waals surface area contributed by atoms with E-state index in [1.54, 1.807) is 32.0 Å². The minimum Gasteiger partial charge on any atom is -0.480 e. The highest BCUT2D eigenvalue weighted by molar-refractivity contribution is 8.00. The Kier molecular flexibility index (Phi) is 20.1. The molecule has 7 N–H and O–H groups in total. The second-order valence-electron chi connectivity index (χ2n) is 18.9. The average Bonchev–Trinajstić information content (AvgIpc) is 3.71. The molecule has 5 atom stereocenters. The summed E-state index contributed by atoms with van der Waals surface area (Å²) in [6.45, 7) is 16.6. The lowest BCUT2D eigenvalue weighted by Gasteiger charge is -2.39. The Hall–Kier alpha value is -4.74. The molecule has 0 aliphatic carbocycles. The molecule has 64 heavy (non-hydrogen) atoms. The molecule has 16 nitrogen and oxygen atoms in total. The summed E-state index contributed by atoms with van der Waals surface area (Å²) in [6, 6.07) is 5.05. The number of imide groups is 1. The number of unbranched alkanes of at least 4 members (excludes halogenated alkanes) is 3. The van der Waals surface area contributed by atoms with Gasteiger partial charge in [-0.3, -0.25) is 38.5 Å². The van der Waals surface area contributed by atoms with E-state index in [1.807, 2.05) is 67.6 Å². The first-order valence-corrected chi connectivity index (χ1v) is 23.4. The van der Waals surface area contributed by atoms with Crippen LogP contribution in [0.4, 0.5) is 0 Å². The van der Waals surface area contributed by atoms with Crippen molar-refractivity contribution in [2.24, 2.45) is 24.1 Å². The molecule has 0 radical (unpaired) electrons. The highest BCUT2D eigenvalue weighted by Crippen LogP contribution is 2.35. The number of fused-ring (bicyclic) bond motifs is 1. The molecule has 1 fully saturated rings. The molecule has 2 heterocycles. The van der Waals surface area contributed by atoms with Gasteiger partial charge in [-0.25, -0.2) is 0 Å². The van der Waals surface area contributed by atoms with E-state index < -0.39 is 46.2 Å². The lowest BCUT2D eigenvalue weighted by atomic mass is 9.76. The molecule has 1 aliphatic heterocycles. The Bertz CT molecular complexity index is 2010. The van der Waals surface area contributed by atoms with Crippen LogP contribution in [0.15, 0.2) is 42.1 Å². The van der Waals surface area contributed by atoms with Crippen LogP contribution in [0.25, 0.3) is 10.9 Å². The summed E-state index contributed by atoms with van der Waals surface area (Å²) in [7, 11) is 5.46. The van der Waals surface area contributed by atoms with E-state index >= 15 is 0 Å². The summed E-state index contributed by atoms with van der Waals surface area (Å²) in [6.07, 6.45) is 7.32. The van der Waals surface area contributed by atoms with Crippen LogP contribution >= 0.6 is 11.8 Å². The van der Waals surface area contributed by atoms with Crippen molar-refractivity contribution in [3.8, 4) is 0 Å². The number of nitrogens with zero attached hydrogens (tertiary/aromatic N) is 3. The Balaban J connectivity index is 1.45. The zero-order valence-electron chi connectivity index (χ0n) is 39.8. The lowest BCUT2D eigenvalue weighted by Crippen LogP contribution is -2.61. The van der Waals surface area contributed by atoms with E-state index in [0.29, 0.717) is 57.2 Å². The van der Waals surface area contributed by atoms with Crippen LogP contribution in [-0.2, 0) is 46.0 Å². The average molecular weight is 911 g/mol. The maximum Gasteiger partial charge on any atom is 0.321 e. The van der Waals surface area contributed by atoms with Gasteiger partial charge in [-0.2, -0.15) is 0 Å². The number of aliphatic carboxylic acids is 1. The SMILES string of the molecule is CN[C@H](C(=O)NC(C(=O)N(C)[C@H](/C=C(\C)C(=O)NCCCCNC(=O)CCCCCN1C(=O)CC(SC[C@H](N)C(=O)O)C1=O)C(C)C)C(C)(C)C)C(C)(C)c1cn(C)c2ccccc12. The van der Waals surface area contributed by atoms with E-state index in [4.69, 9.17) is 10.8 Å². The van der Waals surface area contributed by atoms with Crippen LogP contribution < -0.4 is 27.0 Å². The number of likely N-dealkylation sites (N-methyl/N-ethyl adjacent to an activating group) is 2. The van der Waals surface area contributed by atoms with Crippen LogP contribution in [0.2, 0.25) is 0 Å². The van der Waals surface area contributed by atoms with Crippen molar-refractivity contribution < 1.29 is 38.7 Å². The lowest BCUT2D eigenvalue weighted by molar-refractivity contribution is -0.141. The second kappa shape index (κ2) is 24.0. The molecule has 1 aromatic carbocycles. The first kappa shape index (κ1) is 53.6. The van der Waals surface area contributed by atoms with Crippen LogP contribution in [0.5, 0.6) is 0 Å². The van der Waals surface area contributed by atoms with Gasteiger partial charge < -0.3 is 41.6 Å². The smallest absolute Gasteiger partial charge is 0.321 e. The van der Waals surface area contributed by atoms with Crippen molar-refractivity contribution in [3.05, 3.63) is 47.7 Å². The summed E-state index contributed by atoms with van der Waals surface area (Å²) in [4.78, 5) is 92.8. The van der Waals surface area contributed by atoms with Crippen LogP contribution in [0, 0.1) is 11.3 Å². The molecule has 0 bridgehead atoms. The molecule has 2 aromatic rings. The molecule has 0 spiro atoms. The Labute approximate surface area is 383 Å². The Morgan fingerprint density at radius 2 is 1.61 bits per heavy atom. The molecular weight excluding hydrogens is 837 g/mol. The number of carboxylic acid groups (broad SMARTS) is 1. The monoisotopic (exact) mass is 911 g/mol.